The largest absolute Gasteiger partial charge is 0.496 e. The average Bonchev–Trinajstić information content (AvgIpc) is 3.40. The van der Waals surface area contributed by atoms with Crippen LogP contribution >= 0.6 is 39.3 Å². The molecule has 0 bridgehead atoms. The fraction of sp³-hybridized carbons (Fsp3) is 0.286. The number of aromatic amines is 1. The van der Waals surface area contributed by atoms with E-state index in [0.29, 0.717) is 27.9 Å². The summed E-state index contributed by atoms with van der Waals surface area (Å²) in [5.41, 5.74) is 0.626. The van der Waals surface area contributed by atoms with Gasteiger partial charge in [-0.05, 0) is 65.2 Å². The first kappa shape index (κ1) is 22.8. The zero-order valence-electron chi connectivity index (χ0n) is 17.1. The molecule has 1 fully saturated rings. The van der Waals surface area contributed by atoms with Gasteiger partial charge in [-0.2, -0.15) is 0 Å². The zero-order chi connectivity index (χ0) is 22.7. The van der Waals surface area contributed by atoms with Gasteiger partial charge in [0.25, 0.3) is 0 Å². The van der Waals surface area contributed by atoms with Gasteiger partial charge in [-0.15, -0.1) is 5.10 Å². The number of anilines is 1. The van der Waals surface area contributed by atoms with Crippen LogP contribution < -0.4 is 9.64 Å². The first-order valence-corrected chi connectivity index (χ1v) is 11.9. The van der Waals surface area contributed by atoms with E-state index in [9.17, 15) is 9.90 Å². The van der Waals surface area contributed by atoms with Crippen LogP contribution in [0.15, 0.2) is 43.2 Å². The Balaban J connectivity index is 1.57. The van der Waals surface area contributed by atoms with Crippen LogP contribution in [0.3, 0.4) is 0 Å². The number of methoxy groups -OCH3 is 1. The number of ether oxygens (including phenoxy) is 1. The number of aromatic nitrogens is 3. The summed E-state index contributed by atoms with van der Waals surface area (Å²) in [5, 5.41) is 17.4. The van der Waals surface area contributed by atoms with Gasteiger partial charge >= 0.3 is 5.97 Å². The third-order valence-corrected chi connectivity index (χ3v) is 6.58. The SMILES string of the molecule is COc1ccc(Cl)cc1-c1nc(S/C(=C\c2cc(Br)c(N3CCCCC3)o2)C(=O)O)n[nH]1. The Kier molecular flexibility index (Phi) is 7.12. The number of nitrogens with one attached hydrogen (secondary N) is 1. The topological polar surface area (TPSA) is 104 Å². The number of H-pyrrole nitrogens is 1. The third kappa shape index (κ3) is 5.13. The molecular formula is C21H20BrClN4O4S. The summed E-state index contributed by atoms with van der Waals surface area (Å²) in [5.74, 6) is 1.05. The van der Waals surface area contributed by atoms with Gasteiger partial charge < -0.3 is 19.2 Å². The van der Waals surface area contributed by atoms with Gasteiger partial charge in [0.05, 0.1) is 17.1 Å². The second-order valence-electron chi connectivity index (χ2n) is 7.08. The Hall–Kier alpha value is -2.43. The molecule has 4 rings (SSSR count). The molecule has 0 saturated carbocycles. The number of carboxylic acids is 1. The number of piperidine rings is 1. The van der Waals surface area contributed by atoms with Gasteiger partial charge in [-0.25, -0.2) is 9.78 Å². The van der Waals surface area contributed by atoms with Gasteiger partial charge in [0.15, 0.2) is 5.82 Å². The summed E-state index contributed by atoms with van der Waals surface area (Å²) in [7, 11) is 1.55. The Bertz CT molecular complexity index is 1160. The molecule has 2 aromatic heterocycles. The molecule has 1 aliphatic heterocycles. The molecule has 0 amide bonds. The Morgan fingerprint density at radius 1 is 1.34 bits per heavy atom. The van der Waals surface area contributed by atoms with Crippen molar-refractivity contribution in [3.63, 3.8) is 0 Å². The molecule has 11 heteroatoms. The van der Waals surface area contributed by atoms with Gasteiger partial charge in [0.2, 0.25) is 11.0 Å². The van der Waals surface area contributed by atoms with Crippen LogP contribution in [0, 0.1) is 0 Å². The summed E-state index contributed by atoms with van der Waals surface area (Å²) in [4.78, 5) is 18.5. The van der Waals surface area contributed by atoms with E-state index in [0.717, 1.165) is 48.0 Å². The number of halogens is 2. The minimum Gasteiger partial charge on any atom is -0.496 e. The molecule has 0 unspecified atom stereocenters. The molecule has 3 heterocycles. The standard InChI is InChI=1S/C21H20BrClN4O4S/c1-30-16-6-5-12(23)9-14(16)18-24-21(26-25-18)32-17(20(28)29)11-13-10-15(22)19(31-13)27-7-3-2-4-8-27/h5-6,9-11H,2-4,7-8H2,1H3,(H,28,29)(H,24,25,26)/b17-11-. The summed E-state index contributed by atoms with van der Waals surface area (Å²) in [6.07, 6.45) is 4.90. The maximum absolute atomic E-state index is 11.9. The lowest BCUT2D eigenvalue weighted by molar-refractivity contribution is -0.131. The van der Waals surface area contributed by atoms with Crippen LogP contribution in [0.4, 0.5) is 5.88 Å². The molecule has 0 radical (unpaired) electrons. The van der Waals surface area contributed by atoms with E-state index in [1.54, 1.807) is 31.4 Å². The molecule has 32 heavy (non-hydrogen) atoms. The average molecular weight is 540 g/mol. The molecule has 0 atom stereocenters. The van der Waals surface area contributed by atoms with Crippen LogP contribution in [0.5, 0.6) is 5.75 Å². The summed E-state index contributed by atoms with van der Waals surface area (Å²) >= 11 is 10.5. The number of nitrogens with zero attached hydrogens (tertiary/aromatic N) is 3. The van der Waals surface area contributed by atoms with Crippen LogP contribution in [-0.4, -0.2) is 46.5 Å². The molecule has 0 aliphatic carbocycles. The first-order valence-electron chi connectivity index (χ1n) is 9.88. The molecule has 1 aliphatic rings. The number of hydrogen-bond acceptors (Lipinski definition) is 7. The number of thioether (sulfide) groups is 1. The van der Waals surface area contributed by atoms with Crippen molar-refractivity contribution >= 4 is 57.2 Å². The second-order valence-corrected chi connectivity index (χ2v) is 9.38. The highest BCUT2D eigenvalue weighted by molar-refractivity contribution is 9.10. The van der Waals surface area contributed by atoms with Gasteiger partial charge in [-0.3, -0.25) is 5.10 Å². The molecule has 1 aromatic carbocycles. The zero-order valence-corrected chi connectivity index (χ0v) is 20.3. The van der Waals surface area contributed by atoms with Crippen LogP contribution in [0.2, 0.25) is 5.02 Å². The number of rotatable bonds is 7. The minimum absolute atomic E-state index is 0.0278. The number of carbonyl (C=O) groups is 1. The van der Waals surface area contributed by atoms with E-state index in [1.807, 2.05) is 0 Å². The van der Waals surface area contributed by atoms with Gasteiger partial charge in [-0.1, -0.05) is 11.6 Å². The summed E-state index contributed by atoms with van der Waals surface area (Å²) in [6.45, 7) is 1.84. The minimum atomic E-state index is -1.10. The van der Waals surface area contributed by atoms with E-state index in [-0.39, 0.29) is 10.1 Å². The number of aliphatic carboxylic acids is 1. The Morgan fingerprint density at radius 2 is 2.12 bits per heavy atom. The summed E-state index contributed by atoms with van der Waals surface area (Å²) < 4.78 is 12.1. The van der Waals surface area contributed by atoms with Crippen molar-refractivity contribution in [2.75, 3.05) is 25.1 Å². The van der Waals surface area contributed by atoms with Crippen LogP contribution in [0.1, 0.15) is 25.0 Å². The van der Waals surface area contributed by atoms with E-state index in [2.05, 4.69) is 36.0 Å². The predicted molar refractivity (Wildman–Crippen MR) is 127 cm³/mol. The molecule has 2 N–H and O–H groups in total. The van der Waals surface area contributed by atoms with Crippen molar-refractivity contribution in [1.82, 2.24) is 15.2 Å². The molecule has 168 valence electrons. The maximum atomic E-state index is 11.9. The number of hydrogen-bond donors (Lipinski definition) is 2. The van der Waals surface area contributed by atoms with Gasteiger partial charge in [0.1, 0.15) is 16.4 Å². The fourth-order valence-electron chi connectivity index (χ4n) is 3.40. The quantitative estimate of drug-likeness (QED) is 0.291. The predicted octanol–water partition coefficient (Wildman–Crippen LogP) is 5.70. The molecule has 3 aromatic rings. The lowest BCUT2D eigenvalue weighted by atomic mass is 10.1. The monoisotopic (exact) mass is 538 g/mol. The Morgan fingerprint density at radius 3 is 2.84 bits per heavy atom. The maximum Gasteiger partial charge on any atom is 0.342 e. The molecule has 8 nitrogen and oxygen atoms in total. The Labute approximate surface area is 202 Å². The smallest absolute Gasteiger partial charge is 0.342 e. The molecule has 0 spiro atoms. The van der Waals surface area contributed by atoms with Crippen molar-refractivity contribution in [2.45, 2.75) is 24.4 Å². The van der Waals surface area contributed by atoms with Crippen LogP contribution in [0.25, 0.3) is 17.5 Å². The van der Waals surface area contributed by atoms with Crippen molar-refractivity contribution in [3.8, 4) is 17.1 Å². The number of furan rings is 1. The first-order chi connectivity index (χ1) is 15.4. The molecular weight excluding hydrogens is 520 g/mol. The van der Waals surface area contributed by atoms with Crippen molar-refractivity contribution in [3.05, 3.63) is 44.4 Å². The van der Waals surface area contributed by atoms with E-state index in [4.69, 9.17) is 20.8 Å². The van der Waals surface area contributed by atoms with E-state index < -0.39 is 5.97 Å². The number of carboxylic acid groups (broad SMARTS) is 1. The van der Waals surface area contributed by atoms with E-state index in [1.165, 1.54) is 12.5 Å². The van der Waals surface area contributed by atoms with Crippen molar-refractivity contribution in [2.24, 2.45) is 0 Å². The van der Waals surface area contributed by atoms with E-state index >= 15 is 0 Å². The highest BCUT2D eigenvalue weighted by Crippen LogP contribution is 2.36. The van der Waals surface area contributed by atoms with Crippen LogP contribution in [-0.2, 0) is 4.79 Å². The fourth-order valence-corrected chi connectivity index (χ4v) is 4.82. The highest BCUT2D eigenvalue weighted by atomic mass is 79.9. The summed E-state index contributed by atoms with van der Waals surface area (Å²) in [6, 6.07) is 6.91. The third-order valence-electron chi connectivity index (χ3n) is 4.90. The van der Waals surface area contributed by atoms with Gasteiger partial charge in [0, 0.05) is 30.3 Å². The molecule has 1 saturated heterocycles. The number of benzene rings is 1. The van der Waals surface area contributed by atoms with Crippen molar-refractivity contribution in [1.29, 1.82) is 0 Å². The normalized spacial score (nSPS) is 14.6. The second kappa shape index (κ2) is 10.0. The lowest BCUT2D eigenvalue weighted by Gasteiger charge is -2.26. The van der Waals surface area contributed by atoms with Crippen molar-refractivity contribution < 1.29 is 19.1 Å². The highest BCUT2D eigenvalue weighted by Gasteiger charge is 2.20. The lowest BCUT2D eigenvalue weighted by Crippen LogP contribution is -2.29.